The van der Waals surface area contributed by atoms with Crippen LogP contribution in [0.3, 0.4) is 0 Å². The number of thiophene rings is 1. The number of amides is 2. The summed E-state index contributed by atoms with van der Waals surface area (Å²) in [6, 6.07) is 21.1. The van der Waals surface area contributed by atoms with Crippen molar-refractivity contribution in [3.8, 4) is 5.75 Å². The van der Waals surface area contributed by atoms with Crippen molar-refractivity contribution in [1.29, 1.82) is 0 Å². The maximum atomic E-state index is 13.4. The van der Waals surface area contributed by atoms with Crippen molar-refractivity contribution in [2.24, 2.45) is 0 Å². The van der Waals surface area contributed by atoms with E-state index in [1.807, 2.05) is 35.2 Å². The first kappa shape index (κ1) is 23.3. The average Bonchev–Trinajstić information content (AvgIpc) is 3.58. The zero-order chi connectivity index (χ0) is 23.2. The normalized spacial score (nSPS) is 12.9. The van der Waals surface area contributed by atoms with Crippen molar-refractivity contribution in [1.82, 2.24) is 9.80 Å². The molecular weight excluding hydrogens is 456 g/mol. The highest BCUT2D eigenvalue weighted by atomic mass is 35.5. The van der Waals surface area contributed by atoms with Crippen LogP contribution in [-0.4, -0.2) is 40.8 Å². The Kier molecular flexibility index (Phi) is 7.68. The van der Waals surface area contributed by atoms with Crippen LogP contribution in [0.4, 0.5) is 0 Å². The molecule has 1 saturated carbocycles. The maximum Gasteiger partial charge on any atom is 0.261 e. The number of hydrogen-bond donors (Lipinski definition) is 0. The van der Waals surface area contributed by atoms with Crippen molar-refractivity contribution in [3.05, 3.63) is 87.1 Å². The lowest BCUT2D eigenvalue weighted by Crippen LogP contribution is -2.45. The highest BCUT2D eigenvalue weighted by Crippen LogP contribution is 2.28. The van der Waals surface area contributed by atoms with Crippen LogP contribution in [0.25, 0.3) is 0 Å². The third-order valence-electron chi connectivity index (χ3n) is 5.50. The van der Waals surface area contributed by atoms with Gasteiger partial charge in [0.15, 0.2) is 6.61 Å². The van der Waals surface area contributed by atoms with Gasteiger partial charge in [-0.15, -0.1) is 11.3 Å². The summed E-state index contributed by atoms with van der Waals surface area (Å²) >= 11 is 7.60. The number of carbonyl (C=O) groups is 2. The standard InChI is InChI=1S/C26H27ClN2O3S/c1-19-7-14-24(33-19)16-28(15-20-5-3-2-4-6-20)25(30)17-29(22-10-11-22)26(31)18-32-23-12-8-21(27)9-13-23/h2-9,12-14,22H,10-11,15-18H2,1H3. The Labute approximate surface area is 203 Å². The first-order chi connectivity index (χ1) is 16.0. The summed E-state index contributed by atoms with van der Waals surface area (Å²) in [5.74, 6) is 0.345. The molecule has 1 fully saturated rings. The summed E-state index contributed by atoms with van der Waals surface area (Å²) in [5.41, 5.74) is 1.06. The Morgan fingerprint density at radius 2 is 1.70 bits per heavy atom. The molecule has 3 aromatic rings. The Bertz CT molecular complexity index is 1080. The summed E-state index contributed by atoms with van der Waals surface area (Å²) in [5, 5.41) is 0.610. The van der Waals surface area contributed by atoms with Gasteiger partial charge in [-0.05, 0) is 61.7 Å². The molecule has 172 valence electrons. The lowest BCUT2D eigenvalue weighted by atomic mass is 10.2. The molecule has 0 spiro atoms. The second-order valence-corrected chi connectivity index (χ2v) is 10.1. The first-order valence-corrected chi connectivity index (χ1v) is 12.2. The fraction of sp³-hybridized carbons (Fsp3) is 0.308. The Morgan fingerprint density at radius 3 is 2.33 bits per heavy atom. The molecule has 1 aliphatic rings. The summed E-state index contributed by atoms with van der Waals surface area (Å²) in [6.07, 6.45) is 1.84. The summed E-state index contributed by atoms with van der Waals surface area (Å²) in [4.78, 5) is 32.2. The van der Waals surface area contributed by atoms with Crippen molar-refractivity contribution in [3.63, 3.8) is 0 Å². The Hall–Kier alpha value is -2.83. The van der Waals surface area contributed by atoms with Crippen molar-refractivity contribution < 1.29 is 14.3 Å². The largest absolute Gasteiger partial charge is 0.484 e. The topological polar surface area (TPSA) is 49.9 Å². The zero-order valence-corrected chi connectivity index (χ0v) is 20.1. The minimum absolute atomic E-state index is 0.0587. The number of nitrogens with zero attached hydrogens (tertiary/aromatic N) is 2. The third-order valence-corrected chi connectivity index (χ3v) is 6.74. The predicted octanol–water partition coefficient (Wildman–Crippen LogP) is 5.31. The molecule has 4 rings (SSSR count). The van der Waals surface area contributed by atoms with E-state index in [9.17, 15) is 9.59 Å². The average molecular weight is 483 g/mol. The monoisotopic (exact) mass is 482 g/mol. The van der Waals surface area contributed by atoms with Gasteiger partial charge in [-0.3, -0.25) is 9.59 Å². The summed E-state index contributed by atoms with van der Waals surface area (Å²) < 4.78 is 5.64. The zero-order valence-electron chi connectivity index (χ0n) is 18.6. The van der Waals surface area contributed by atoms with Crippen molar-refractivity contribution >= 4 is 34.8 Å². The fourth-order valence-corrected chi connectivity index (χ4v) is 4.64. The van der Waals surface area contributed by atoms with Gasteiger partial charge in [0.1, 0.15) is 12.3 Å². The molecule has 0 atom stereocenters. The molecule has 0 N–H and O–H groups in total. The van der Waals surface area contributed by atoms with E-state index >= 15 is 0 Å². The van der Waals surface area contributed by atoms with Gasteiger partial charge in [0.25, 0.3) is 5.91 Å². The van der Waals surface area contributed by atoms with Crippen LogP contribution < -0.4 is 4.74 Å². The minimum atomic E-state index is -0.174. The predicted molar refractivity (Wildman–Crippen MR) is 131 cm³/mol. The smallest absolute Gasteiger partial charge is 0.261 e. The van der Waals surface area contributed by atoms with E-state index in [1.165, 1.54) is 4.88 Å². The Balaban J connectivity index is 1.43. The molecular formula is C26H27ClN2O3S. The van der Waals surface area contributed by atoms with E-state index in [2.05, 4.69) is 19.1 Å². The Morgan fingerprint density at radius 1 is 0.970 bits per heavy atom. The third kappa shape index (κ3) is 6.83. The van der Waals surface area contributed by atoms with E-state index in [4.69, 9.17) is 16.3 Å². The van der Waals surface area contributed by atoms with Crippen LogP contribution in [0, 0.1) is 6.92 Å². The van der Waals surface area contributed by atoms with Crippen molar-refractivity contribution in [2.75, 3.05) is 13.2 Å². The second kappa shape index (κ2) is 10.9. The van der Waals surface area contributed by atoms with Gasteiger partial charge < -0.3 is 14.5 Å². The minimum Gasteiger partial charge on any atom is -0.484 e. The molecule has 0 saturated heterocycles. The van der Waals surface area contributed by atoms with Crippen LogP contribution in [0.5, 0.6) is 5.75 Å². The highest BCUT2D eigenvalue weighted by Gasteiger charge is 2.35. The second-order valence-electron chi connectivity index (χ2n) is 8.24. The molecule has 0 aliphatic heterocycles. The molecule has 1 aliphatic carbocycles. The number of aryl methyl sites for hydroxylation is 1. The fourth-order valence-electron chi connectivity index (χ4n) is 3.61. The van der Waals surface area contributed by atoms with Gasteiger partial charge in [-0.2, -0.15) is 0 Å². The van der Waals surface area contributed by atoms with Crippen LogP contribution in [0.1, 0.15) is 28.2 Å². The van der Waals surface area contributed by atoms with Gasteiger partial charge >= 0.3 is 0 Å². The van der Waals surface area contributed by atoms with Crippen LogP contribution in [-0.2, 0) is 22.7 Å². The van der Waals surface area contributed by atoms with E-state index < -0.39 is 0 Å². The molecule has 33 heavy (non-hydrogen) atoms. The number of halogens is 1. The van der Waals surface area contributed by atoms with E-state index in [0.29, 0.717) is 23.9 Å². The van der Waals surface area contributed by atoms with Crippen molar-refractivity contribution in [2.45, 2.75) is 38.9 Å². The number of ether oxygens (including phenoxy) is 1. The molecule has 7 heteroatoms. The quantitative estimate of drug-likeness (QED) is 0.393. The lowest BCUT2D eigenvalue weighted by Gasteiger charge is -2.27. The summed E-state index contributed by atoms with van der Waals surface area (Å²) in [6.45, 7) is 3.05. The van der Waals surface area contributed by atoms with E-state index in [-0.39, 0.29) is 31.0 Å². The van der Waals surface area contributed by atoms with Gasteiger partial charge in [0.05, 0.1) is 6.54 Å². The molecule has 0 radical (unpaired) electrons. The lowest BCUT2D eigenvalue weighted by molar-refractivity contribution is -0.142. The SMILES string of the molecule is Cc1ccc(CN(Cc2ccccc2)C(=O)CN(C(=O)COc2ccc(Cl)cc2)C2CC2)s1. The molecule has 2 aromatic carbocycles. The number of benzene rings is 2. The molecule has 0 unspecified atom stereocenters. The van der Waals surface area contributed by atoms with E-state index in [0.717, 1.165) is 23.3 Å². The van der Waals surface area contributed by atoms with Gasteiger partial charge in [0.2, 0.25) is 5.91 Å². The molecule has 1 aromatic heterocycles. The van der Waals surface area contributed by atoms with E-state index in [1.54, 1.807) is 40.5 Å². The first-order valence-electron chi connectivity index (χ1n) is 11.0. The van der Waals surface area contributed by atoms with Gasteiger partial charge in [-0.1, -0.05) is 41.9 Å². The number of carbonyl (C=O) groups excluding carboxylic acids is 2. The van der Waals surface area contributed by atoms with Gasteiger partial charge in [-0.25, -0.2) is 0 Å². The molecule has 1 heterocycles. The van der Waals surface area contributed by atoms with Crippen LogP contribution in [0.15, 0.2) is 66.7 Å². The highest BCUT2D eigenvalue weighted by molar-refractivity contribution is 7.11. The molecule has 0 bridgehead atoms. The van der Waals surface area contributed by atoms with Crippen LogP contribution in [0.2, 0.25) is 5.02 Å². The van der Waals surface area contributed by atoms with Crippen LogP contribution >= 0.6 is 22.9 Å². The molecule has 5 nitrogen and oxygen atoms in total. The molecule has 2 amide bonds. The number of rotatable bonds is 10. The number of hydrogen-bond acceptors (Lipinski definition) is 4. The maximum absolute atomic E-state index is 13.4. The van der Waals surface area contributed by atoms with Gasteiger partial charge in [0, 0.05) is 27.4 Å². The summed E-state index contributed by atoms with van der Waals surface area (Å²) in [7, 11) is 0.